The van der Waals surface area contributed by atoms with Gasteiger partial charge in [-0.2, -0.15) is 0 Å². The second-order valence-corrected chi connectivity index (χ2v) is 8.32. The van der Waals surface area contributed by atoms with Gasteiger partial charge in [-0.25, -0.2) is 9.36 Å². The summed E-state index contributed by atoms with van der Waals surface area (Å²) in [6, 6.07) is 9.37. The van der Waals surface area contributed by atoms with E-state index in [4.69, 9.17) is 18.3 Å². The Balaban J connectivity index is 2.31. The van der Waals surface area contributed by atoms with Crippen LogP contribution < -0.4 is 5.32 Å². The zero-order chi connectivity index (χ0) is 19.4. The molecule has 1 N–H and O–H groups in total. The van der Waals surface area contributed by atoms with Gasteiger partial charge in [0.2, 0.25) is 0 Å². The lowest BCUT2D eigenvalue weighted by molar-refractivity contribution is 0.0940. The molecule has 1 aromatic rings. The van der Waals surface area contributed by atoms with Gasteiger partial charge in [-0.05, 0) is 17.4 Å². The highest BCUT2D eigenvalue weighted by Crippen LogP contribution is 2.49. The van der Waals surface area contributed by atoms with Crippen LogP contribution in [0, 0.1) is 11.8 Å². The van der Waals surface area contributed by atoms with Crippen LogP contribution in [0.15, 0.2) is 30.3 Å². The standard InChI is InChI=1S/C18H30NO6P/c1-15(2)12-24-26(21,25-13-16(3)4)23-11-10-19-18(20)22-14-17-8-6-5-7-9-17/h5-9,15-16H,10-14H2,1-4H3,(H,19,20). The van der Waals surface area contributed by atoms with Crippen molar-refractivity contribution in [2.45, 2.75) is 34.3 Å². The number of hydrogen-bond donors (Lipinski definition) is 1. The molecule has 0 aromatic heterocycles. The summed E-state index contributed by atoms with van der Waals surface area (Å²) in [6.45, 7) is 8.61. The van der Waals surface area contributed by atoms with Crippen molar-refractivity contribution < 1.29 is 27.7 Å². The van der Waals surface area contributed by atoms with E-state index in [9.17, 15) is 9.36 Å². The van der Waals surface area contributed by atoms with Crippen LogP contribution in [-0.4, -0.2) is 32.5 Å². The zero-order valence-corrected chi connectivity index (χ0v) is 16.9. The van der Waals surface area contributed by atoms with Crippen LogP contribution in [-0.2, 0) is 29.5 Å². The number of phosphoric acid groups is 1. The monoisotopic (exact) mass is 387 g/mol. The van der Waals surface area contributed by atoms with Crippen LogP contribution in [0.3, 0.4) is 0 Å². The van der Waals surface area contributed by atoms with Crippen molar-refractivity contribution in [3.8, 4) is 0 Å². The summed E-state index contributed by atoms with van der Waals surface area (Å²) in [6.07, 6.45) is -0.571. The first-order valence-corrected chi connectivity index (χ1v) is 10.2. The highest BCUT2D eigenvalue weighted by atomic mass is 31.2. The van der Waals surface area contributed by atoms with Gasteiger partial charge in [0.05, 0.1) is 19.8 Å². The molecular weight excluding hydrogens is 357 g/mol. The lowest BCUT2D eigenvalue weighted by Crippen LogP contribution is -2.27. The average Bonchev–Trinajstić information content (AvgIpc) is 2.61. The summed E-state index contributed by atoms with van der Waals surface area (Å²) in [5, 5.41) is 2.54. The SMILES string of the molecule is CC(C)COP(=O)(OCCNC(=O)OCc1ccccc1)OCC(C)C. The molecule has 1 amide bonds. The van der Waals surface area contributed by atoms with Gasteiger partial charge in [-0.15, -0.1) is 0 Å². The molecule has 0 unspecified atom stereocenters. The number of carbonyl (C=O) groups is 1. The molecule has 148 valence electrons. The van der Waals surface area contributed by atoms with Crippen LogP contribution in [0.2, 0.25) is 0 Å². The maximum absolute atomic E-state index is 12.6. The summed E-state index contributed by atoms with van der Waals surface area (Å²) < 4.78 is 33.6. The lowest BCUT2D eigenvalue weighted by Gasteiger charge is -2.20. The number of rotatable bonds is 12. The van der Waals surface area contributed by atoms with E-state index in [0.29, 0.717) is 0 Å². The largest absolute Gasteiger partial charge is 0.474 e. The van der Waals surface area contributed by atoms with Gasteiger partial charge in [0.15, 0.2) is 0 Å². The fraction of sp³-hybridized carbons (Fsp3) is 0.611. The van der Waals surface area contributed by atoms with Gasteiger partial charge < -0.3 is 10.1 Å². The van der Waals surface area contributed by atoms with Crippen molar-refractivity contribution in [1.82, 2.24) is 5.32 Å². The minimum atomic E-state index is -3.64. The minimum Gasteiger partial charge on any atom is -0.445 e. The Bertz CT molecular complexity index is 548. The van der Waals surface area contributed by atoms with Crippen molar-refractivity contribution >= 4 is 13.9 Å². The predicted molar refractivity (Wildman–Crippen MR) is 99.8 cm³/mol. The average molecular weight is 387 g/mol. The molecule has 0 bridgehead atoms. The van der Waals surface area contributed by atoms with Crippen molar-refractivity contribution in [2.24, 2.45) is 11.8 Å². The van der Waals surface area contributed by atoms with E-state index < -0.39 is 13.9 Å². The topological polar surface area (TPSA) is 83.1 Å². The smallest absolute Gasteiger partial charge is 0.445 e. The Morgan fingerprint density at radius 1 is 1.00 bits per heavy atom. The zero-order valence-electron chi connectivity index (χ0n) is 16.0. The molecule has 1 aromatic carbocycles. The molecule has 0 radical (unpaired) electrons. The maximum atomic E-state index is 12.6. The van der Waals surface area contributed by atoms with Crippen LogP contribution >= 0.6 is 7.82 Å². The molecule has 26 heavy (non-hydrogen) atoms. The third-order valence-corrected chi connectivity index (χ3v) is 4.39. The number of phosphoric ester groups is 1. The molecule has 1 rings (SSSR count). The molecule has 0 aliphatic rings. The number of benzene rings is 1. The number of hydrogen-bond acceptors (Lipinski definition) is 6. The highest BCUT2D eigenvalue weighted by molar-refractivity contribution is 7.48. The van der Waals surface area contributed by atoms with E-state index >= 15 is 0 Å². The van der Waals surface area contributed by atoms with Crippen molar-refractivity contribution in [3.63, 3.8) is 0 Å². The van der Waals surface area contributed by atoms with E-state index in [1.54, 1.807) is 0 Å². The molecule has 0 fully saturated rings. The molecule has 7 nitrogen and oxygen atoms in total. The first kappa shape index (κ1) is 22.6. The second kappa shape index (κ2) is 12.1. The van der Waals surface area contributed by atoms with Crippen molar-refractivity contribution in [2.75, 3.05) is 26.4 Å². The fourth-order valence-electron chi connectivity index (χ4n) is 1.68. The van der Waals surface area contributed by atoms with Gasteiger partial charge in [-0.1, -0.05) is 58.0 Å². The highest BCUT2D eigenvalue weighted by Gasteiger charge is 2.27. The number of amides is 1. The Morgan fingerprint density at radius 3 is 2.12 bits per heavy atom. The molecule has 0 aliphatic heterocycles. The van der Waals surface area contributed by atoms with E-state index in [-0.39, 0.29) is 44.8 Å². The van der Waals surface area contributed by atoms with Gasteiger partial charge in [0, 0.05) is 6.54 Å². The summed E-state index contributed by atoms with van der Waals surface area (Å²) in [5.41, 5.74) is 0.896. The van der Waals surface area contributed by atoms with Gasteiger partial charge in [0.1, 0.15) is 6.61 Å². The van der Waals surface area contributed by atoms with Crippen molar-refractivity contribution in [3.05, 3.63) is 35.9 Å². The molecular formula is C18H30NO6P. The Labute approximate surface area is 156 Å². The molecule has 0 atom stereocenters. The predicted octanol–water partition coefficient (Wildman–Crippen LogP) is 4.38. The maximum Gasteiger partial charge on any atom is 0.474 e. The van der Waals surface area contributed by atoms with Crippen molar-refractivity contribution in [1.29, 1.82) is 0 Å². The molecule has 0 heterocycles. The molecule has 0 spiro atoms. The molecule has 0 saturated carbocycles. The van der Waals surface area contributed by atoms with Crippen LogP contribution in [0.4, 0.5) is 4.79 Å². The Kier molecular flexibility index (Phi) is 10.5. The van der Waals surface area contributed by atoms with Gasteiger partial charge >= 0.3 is 13.9 Å². The van der Waals surface area contributed by atoms with Gasteiger partial charge in [-0.3, -0.25) is 13.6 Å². The first-order valence-electron chi connectivity index (χ1n) is 8.79. The summed E-state index contributed by atoms with van der Waals surface area (Å²) in [5.74, 6) is 0.390. The Hall–Kier alpha value is -1.40. The number of carbonyl (C=O) groups excluding carboxylic acids is 1. The van der Waals surface area contributed by atoms with Gasteiger partial charge in [0.25, 0.3) is 0 Å². The number of nitrogens with one attached hydrogen (secondary N) is 1. The van der Waals surface area contributed by atoms with E-state index in [1.807, 2.05) is 58.0 Å². The summed E-state index contributed by atoms with van der Waals surface area (Å²) in [4.78, 5) is 11.7. The normalized spacial score (nSPS) is 11.8. The second-order valence-electron chi connectivity index (χ2n) is 6.65. The van der Waals surface area contributed by atoms with E-state index in [1.165, 1.54) is 0 Å². The molecule has 0 aliphatic carbocycles. The van der Waals surface area contributed by atoms with Crippen LogP contribution in [0.25, 0.3) is 0 Å². The first-order chi connectivity index (χ1) is 12.3. The lowest BCUT2D eigenvalue weighted by atomic mass is 10.2. The summed E-state index contributed by atoms with van der Waals surface area (Å²) in [7, 11) is -3.64. The third-order valence-electron chi connectivity index (χ3n) is 2.97. The van der Waals surface area contributed by atoms with Crippen LogP contribution in [0.1, 0.15) is 33.3 Å². The Morgan fingerprint density at radius 2 is 1.58 bits per heavy atom. The number of alkyl carbamates (subject to hydrolysis) is 1. The van der Waals surface area contributed by atoms with E-state index in [0.717, 1.165) is 5.56 Å². The quantitative estimate of drug-likeness (QED) is 0.423. The molecule has 0 saturated heterocycles. The van der Waals surface area contributed by atoms with Crippen LogP contribution in [0.5, 0.6) is 0 Å². The van der Waals surface area contributed by atoms with E-state index in [2.05, 4.69) is 5.32 Å². The fourth-order valence-corrected chi connectivity index (χ4v) is 3.18. The number of ether oxygens (including phenoxy) is 1. The third kappa shape index (κ3) is 10.6. The molecule has 8 heteroatoms. The summed E-state index contributed by atoms with van der Waals surface area (Å²) >= 11 is 0. The minimum absolute atomic E-state index is 0.00605.